The van der Waals surface area contributed by atoms with E-state index < -0.39 is 29.8 Å². The van der Waals surface area contributed by atoms with E-state index in [4.69, 9.17) is 9.15 Å². The van der Waals surface area contributed by atoms with Crippen LogP contribution in [0.25, 0.3) is 5.57 Å². The van der Waals surface area contributed by atoms with Gasteiger partial charge in [-0.25, -0.2) is 14.6 Å². The molecule has 24 heavy (non-hydrogen) atoms. The van der Waals surface area contributed by atoms with E-state index in [1.165, 1.54) is 17.5 Å². The highest BCUT2D eigenvalue weighted by Gasteiger charge is 2.46. The molecule has 2 N–H and O–H groups in total. The molecule has 3 heterocycles. The normalized spacial score (nSPS) is 23.3. The number of amides is 3. The largest absolute Gasteiger partial charge is 0.444 e. The number of nitrogens with one attached hydrogen (secondary N) is 1. The monoisotopic (exact) mass is 336 g/mol. The number of hydrogen-bond donors (Lipinski definition) is 2. The molecule has 1 aromatic rings. The minimum absolute atomic E-state index is 0.166. The molecule has 3 rings (SSSR count). The first-order chi connectivity index (χ1) is 11.3. The van der Waals surface area contributed by atoms with E-state index in [0.717, 1.165) is 0 Å². The van der Waals surface area contributed by atoms with Crippen molar-refractivity contribution < 1.29 is 24.0 Å². The molecule has 0 aliphatic carbocycles. The number of hydroxylamine groups is 2. The van der Waals surface area contributed by atoms with Crippen molar-refractivity contribution in [3.8, 4) is 0 Å². The molecule has 3 amide bonds. The summed E-state index contributed by atoms with van der Waals surface area (Å²) in [4.78, 5) is 29.3. The number of fused-ring (bicyclic) bond motifs is 2. The molecule has 2 atom stereocenters. The van der Waals surface area contributed by atoms with Crippen LogP contribution in [0.3, 0.4) is 0 Å². The van der Waals surface area contributed by atoms with Crippen molar-refractivity contribution in [2.24, 2.45) is 0 Å². The molecule has 130 valence electrons. The highest BCUT2D eigenvalue weighted by molar-refractivity contribution is 5.84. The van der Waals surface area contributed by atoms with Gasteiger partial charge in [0.15, 0.2) is 12.2 Å². The van der Waals surface area contributed by atoms with Crippen molar-refractivity contribution in [3.63, 3.8) is 0 Å². The SMILES string of the molecule is CC(C)(C)OC(=O)NC[C@H]1C=C(c2cnco2)[C@@H]2CN1C(=O)N2O. The standard InChI is InChI=1S/C15H20N4O5/c1-15(2,3)24-13(20)17-5-9-4-10(12-6-16-8-23-12)11-7-18(9)14(21)19(11)22/h4,6,8-9,11,22H,5,7H2,1-3H3,(H,17,20)/t9-,11+/m1/s1. The van der Waals surface area contributed by atoms with Crippen LogP contribution in [-0.4, -0.2) is 63.1 Å². The molecule has 9 nitrogen and oxygen atoms in total. The molecule has 0 unspecified atom stereocenters. The lowest BCUT2D eigenvalue weighted by Crippen LogP contribution is -2.46. The van der Waals surface area contributed by atoms with Crippen molar-refractivity contribution in [2.45, 2.75) is 38.5 Å². The Morgan fingerprint density at radius 1 is 1.54 bits per heavy atom. The fourth-order valence-electron chi connectivity index (χ4n) is 2.80. The van der Waals surface area contributed by atoms with Crippen molar-refractivity contribution in [1.29, 1.82) is 0 Å². The van der Waals surface area contributed by atoms with Gasteiger partial charge in [-0.1, -0.05) is 6.08 Å². The zero-order valence-electron chi connectivity index (χ0n) is 13.7. The number of urea groups is 1. The number of carbonyl (C=O) groups excluding carboxylic acids is 2. The Hall–Kier alpha value is -2.55. The lowest BCUT2D eigenvalue weighted by atomic mass is 9.98. The van der Waals surface area contributed by atoms with Gasteiger partial charge in [0, 0.05) is 12.1 Å². The highest BCUT2D eigenvalue weighted by Crippen LogP contribution is 2.33. The van der Waals surface area contributed by atoms with Crippen LogP contribution in [-0.2, 0) is 4.74 Å². The van der Waals surface area contributed by atoms with Crippen LogP contribution in [0.4, 0.5) is 9.59 Å². The van der Waals surface area contributed by atoms with E-state index in [0.29, 0.717) is 22.9 Å². The Bertz CT molecular complexity index is 664. The number of aromatic nitrogens is 1. The molecule has 1 saturated heterocycles. The van der Waals surface area contributed by atoms with Gasteiger partial charge in [0.05, 0.1) is 18.8 Å². The first kappa shape index (κ1) is 16.3. The maximum atomic E-state index is 12.2. The predicted molar refractivity (Wildman–Crippen MR) is 82.0 cm³/mol. The fourth-order valence-corrected chi connectivity index (χ4v) is 2.80. The second-order valence-corrected chi connectivity index (χ2v) is 6.73. The topological polar surface area (TPSA) is 108 Å². The van der Waals surface area contributed by atoms with Gasteiger partial charge in [0.2, 0.25) is 0 Å². The van der Waals surface area contributed by atoms with Gasteiger partial charge in [0.25, 0.3) is 0 Å². The lowest BCUT2D eigenvalue weighted by Gasteiger charge is -2.29. The van der Waals surface area contributed by atoms with Crippen LogP contribution in [0.5, 0.6) is 0 Å². The van der Waals surface area contributed by atoms with Crippen LogP contribution in [0.1, 0.15) is 26.5 Å². The quantitative estimate of drug-likeness (QED) is 0.809. The van der Waals surface area contributed by atoms with Gasteiger partial charge in [-0.2, -0.15) is 5.06 Å². The number of nitrogens with zero attached hydrogens (tertiary/aromatic N) is 3. The van der Waals surface area contributed by atoms with Crippen LogP contribution in [0.15, 0.2) is 23.1 Å². The highest BCUT2D eigenvalue weighted by atomic mass is 16.6. The van der Waals surface area contributed by atoms with Gasteiger partial charge in [-0.05, 0) is 20.8 Å². The summed E-state index contributed by atoms with van der Waals surface area (Å²) in [5.41, 5.74) is 0.0570. The Kier molecular flexibility index (Phi) is 3.96. The second kappa shape index (κ2) is 5.82. The Labute approximate surface area is 138 Å². The lowest BCUT2D eigenvalue weighted by molar-refractivity contribution is -0.0431. The summed E-state index contributed by atoms with van der Waals surface area (Å²) in [6.07, 6.45) is 4.04. The summed E-state index contributed by atoms with van der Waals surface area (Å²) in [6.45, 7) is 5.79. The number of hydrogen-bond acceptors (Lipinski definition) is 6. The van der Waals surface area contributed by atoms with Crippen molar-refractivity contribution in [2.75, 3.05) is 13.1 Å². The number of carbonyl (C=O) groups is 2. The molecule has 0 spiro atoms. The third-order valence-corrected chi connectivity index (χ3v) is 3.81. The van der Waals surface area contributed by atoms with E-state index in [1.807, 2.05) is 0 Å². The zero-order chi connectivity index (χ0) is 17.5. The number of rotatable bonds is 3. The van der Waals surface area contributed by atoms with Crippen LogP contribution in [0.2, 0.25) is 0 Å². The maximum Gasteiger partial charge on any atom is 0.407 e. The smallest absolute Gasteiger partial charge is 0.407 e. The summed E-state index contributed by atoms with van der Waals surface area (Å²) >= 11 is 0. The van der Waals surface area contributed by atoms with E-state index in [9.17, 15) is 14.8 Å². The van der Waals surface area contributed by atoms with Crippen molar-refractivity contribution in [1.82, 2.24) is 20.3 Å². The van der Waals surface area contributed by atoms with E-state index >= 15 is 0 Å². The van der Waals surface area contributed by atoms with Gasteiger partial charge >= 0.3 is 12.1 Å². The van der Waals surface area contributed by atoms with Gasteiger partial charge in [-0.15, -0.1) is 0 Å². The van der Waals surface area contributed by atoms with Gasteiger partial charge < -0.3 is 19.4 Å². The number of oxazole rings is 1. The van der Waals surface area contributed by atoms with Crippen molar-refractivity contribution >= 4 is 17.7 Å². The average molecular weight is 336 g/mol. The minimum atomic E-state index is -0.603. The summed E-state index contributed by atoms with van der Waals surface area (Å²) in [5, 5.41) is 13.3. The summed E-state index contributed by atoms with van der Waals surface area (Å²) in [7, 11) is 0. The zero-order valence-corrected chi connectivity index (χ0v) is 13.7. The van der Waals surface area contributed by atoms with E-state index in [-0.39, 0.29) is 6.54 Å². The Morgan fingerprint density at radius 2 is 2.29 bits per heavy atom. The Morgan fingerprint density at radius 3 is 2.92 bits per heavy atom. The second-order valence-electron chi connectivity index (χ2n) is 6.73. The summed E-state index contributed by atoms with van der Waals surface area (Å²) in [5.74, 6) is 0.482. The van der Waals surface area contributed by atoms with Crippen LogP contribution in [0, 0.1) is 0 Å². The molecule has 0 aromatic carbocycles. The molecule has 2 bridgehead atoms. The van der Waals surface area contributed by atoms with Gasteiger partial charge in [0.1, 0.15) is 11.6 Å². The fraction of sp³-hybridized carbons (Fsp3) is 0.533. The van der Waals surface area contributed by atoms with Crippen LogP contribution < -0.4 is 5.32 Å². The van der Waals surface area contributed by atoms with E-state index in [2.05, 4.69) is 10.3 Å². The Balaban J connectivity index is 1.76. The summed E-state index contributed by atoms with van der Waals surface area (Å²) in [6, 6.07) is -1.44. The van der Waals surface area contributed by atoms with Crippen LogP contribution >= 0.6 is 0 Å². The average Bonchev–Trinajstić information content (AvgIpc) is 3.10. The maximum absolute atomic E-state index is 12.2. The van der Waals surface area contributed by atoms with Crippen molar-refractivity contribution in [3.05, 3.63) is 24.4 Å². The molecule has 0 radical (unpaired) electrons. The molecule has 1 aromatic heterocycles. The number of ether oxygens (including phenoxy) is 1. The molecular formula is C15H20N4O5. The van der Waals surface area contributed by atoms with Gasteiger partial charge in [-0.3, -0.25) is 5.21 Å². The third-order valence-electron chi connectivity index (χ3n) is 3.81. The third kappa shape index (κ3) is 3.07. The van der Waals surface area contributed by atoms with E-state index in [1.54, 1.807) is 26.8 Å². The molecule has 9 heteroatoms. The number of alkyl carbamates (subject to hydrolysis) is 1. The summed E-state index contributed by atoms with van der Waals surface area (Å²) < 4.78 is 10.5. The predicted octanol–water partition coefficient (Wildman–Crippen LogP) is 1.46. The molecule has 0 saturated carbocycles. The minimum Gasteiger partial charge on any atom is -0.444 e. The molecule has 2 aliphatic rings. The first-order valence-corrected chi connectivity index (χ1v) is 7.62. The molecule has 2 aliphatic heterocycles. The molecular weight excluding hydrogens is 316 g/mol. The first-order valence-electron chi connectivity index (χ1n) is 7.62. The molecule has 1 fully saturated rings.